The Bertz CT molecular complexity index is 977. The number of hydrogen-bond donors (Lipinski definition) is 0. The predicted molar refractivity (Wildman–Crippen MR) is 121 cm³/mol. The van der Waals surface area contributed by atoms with Crippen LogP contribution in [0.15, 0.2) is 109 Å². The molecule has 4 aromatic rings. The van der Waals surface area contributed by atoms with Gasteiger partial charge in [-0.3, -0.25) is 0 Å². The molecule has 0 aliphatic heterocycles. The second kappa shape index (κ2) is 8.49. The van der Waals surface area contributed by atoms with Crippen LogP contribution < -0.4 is 26.0 Å². The average molecular weight is 386 g/mol. The molecule has 0 saturated carbocycles. The molecule has 4 rings (SSSR count). The van der Waals surface area contributed by atoms with Crippen LogP contribution in [0, 0.1) is 0 Å². The summed E-state index contributed by atoms with van der Waals surface area (Å²) in [5, 5.41) is 4.90. The summed E-state index contributed by atoms with van der Waals surface area (Å²) < 4.78 is 6.36. The number of para-hydroxylation sites is 2. The molecule has 0 heterocycles. The van der Waals surface area contributed by atoms with Crippen molar-refractivity contribution in [2.24, 2.45) is 0 Å². The van der Waals surface area contributed by atoms with Crippen LogP contribution in [0.25, 0.3) is 0 Å². The first-order valence-corrected chi connectivity index (χ1v) is 10.8. The Labute approximate surface area is 164 Å². The summed E-state index contributed by atoms with van der Waals surface area (Å²) in [7, 11) is 2.04. The maximum Gasteiger partial charge on any atom is 0.135 e. The van der Waals surface area contributed by atoms with Crippen molar-refractivity contribution >= 4 is 38.4 Å². The minimum Gasteiger partial charge on any atom is -0.456 e. The number of hydrogen-bond acceptors (Lipinski definition) is 1. The zero-order valence-corrected chi connectivity index (χ0v) is 16.9. The summed E-state index contributed by atoms with van der Waals surface area (Å²) in [6.07, 6.45) is 0. The Kier molecular flexibility index (Phi) is 5.64. The minimum absolute atomic E-state index is 0.704. The molecule has 0 aliphatic rings. The quantitative estimate of drug-likeness (QED) is 0.451. The minimum atomic E-state index is -0.704. The van der Waals surface area contributed by atoms with Crippen LogP contribution in [0.4, 0.5) is 0 Å². The highest BCUT2D eigenvalue weighted by Crippen LogP contribution is 2.37. The van der Waals surface area contributed by atoms with E-state index in [0.29, 0.717) is 0 Å². The van der Waals surface area contributed by atoms with Crippen molar-refractivity contribution in [2.45, 2.75) is 0 Å². The van der Waals surface area contributed by atoms with Crippen LogP contribution >= 0.6 is 17.2 Å². The van der Waals surface area contributed by atoms with E-state index in [4.69, 9.17) is 4.74 Å². The van der Waals surface area contributed by atoms with Gasteiger partial charge in [0.15, 0.2) is 0 Å². The molecule has 0 radical (unpaired) electrons. The first kappa shape index (κ1) is 17.9. The van der Waals surface area contributed by atoms with Gasteiger partial charge in [0, 0.05) is 10.6 Å². The molecule has 0 spiro atoms. The molecule has 0 saturated heterocycles. The Morgan fingerprint density at radius 1 is 0.519 bits per heavy atom. The number of ether oxygens (including phenoxy) is 1. The lowest BCUT2D eigenvalue weighted by Crippen LogP contribution is -2.21. The second-order valence-corrected chi connectivity index (χ2v) is 8.92. The summed E-state index contributed by atoms with van der Waals surface area (Å²) in [4.78, 5) is 0. The third-order valence-corrected chi connectivity index (χ3v) is 7.23. The molecule has 0 amide bonds. The van der Waals surface area contributed by atoms with E-state index in [1.165, 1.54) is 15.9 Å². The van der Waals surface area contributed by atoms with Gasteiger partial charge in [-0.15, -0.1) is 9.24 Å². The van der Waals surface area contributed by atoms with Crippen molar-refractivity contribution in [3.8, 4) is 11.5 Å². The fourth-order valence-corrected chi connectivity index (χ4v) is 5.64. The molecule has 0 aromatic heterocycles. The third-order valence-electron chi connectivity index (χ3n) is 4.27. The van der Waals surface area contributed by atoms with Crippen molar-refractivity contribution in [3.05, 3.63) is 109 Å². The molecule has 1 unspecified atom stereocenters. The van der Waals surface area contributed by atoms with Gasteiger partial charge in [0.05, 0.1) is 0 Å². The van der Waals surface area contributed by atoms with E-state index in [1.807, 2.05) is 30.3 Å². The molecule has 132 valence electrons. The monoisotopic (exact) mass is 386 g/mol. The van der Waals surface area contributed by atoms with Crippen LogP contribution in [0.5, 0.6) is 11.5 Å². The third kappa shape index (κ3) is 4.11. The second-order valence-electron chi connectivity index (χ2n) is 6.11. The highest BCUT2D eigenvalue weighted by atomic mass is 31.1. The molecule has 0 bridgehead atoms. The maximum atomic E-state index is 6.36. The van der Waals surface area contributed by atoms with E-state index in [9.17, 15) is 0 Å². The van der Waals surface area contributed by atoms with Crippen molar-refractivity contribution in [1.29, 1.82) is 0 Å². The molecular formula is C24H20OP2. The van der Waals surface area contributed by atoms with E-state index >= 15 is 0 Å². The molecule has 1 atom stereocenters. The van der Waals surface area contributed by atoms with Crippen LogP contribution in [-0.4, -0.2) is 0 Å². The molecule has 0 N–H and O–H groups in total. The Morgan fingerprint density at radius 3 is 1.59 bits per heavy atom. The van der Waals surface area contributed by atoms with Gasteiger partial charge in [0.1, 0.15) is 11.5 Å². The van der Waals surface area contributed by atoms with E-state index in [1.54, 1.807) is 0 Å². The predicted octanol–water partition coefficient (Wildman–Crippen LogP) is 4.74. The number of benzene rings is 4. The van der Waals surface area contributed by atoms with E-state index in [2.05, 4.69) is 88.1 Å². The highest BCUT2D eigenvalue weighted by Gasteiger charge is 2.20. The first-order valence-electron chi connectivity index (χ1n) is 8.84. The van der Waals surface area contributed by atoms with Gasteiger partial charge in [0.25, 0.3) is 0 Å². The fourth-order valence-electron chi connectivity index (χ4n) is 3.00. The standard InChI is InChI=1S/C24H20OP2/c26-23-17-9-7-15-21(23)25-22-16-8-10-18-24(22)27(19-11-3-1-4-12-19)20-13-5-2-6-14-20/h1-18H,26H2. The normalized spacial score (nSPS) is 10.7. The van der Waals surface area contributed by atoms with Gasteiger partial charge in [-0.25, -0.2) is 0 Å². The van der Waals surface area contributed by atoms with Crippen molar-refractivity contribution < 1.29 is 4.74 Å². The Balaban J connectivity index is 1.83. The van der Waals surface area contributed by atoms with E-state index in [0.717, 1.165) is 16.8 Å². The first-order chi connectivity index (χ1) is 13.3. The number of rotatable bonds is 5. The van der Waals surface area contributed by atoms with Crippen LogP contribution in [0.2, 0.25) is 0 Å². The molecule has 1 nitrogen and oxygen atoms in total. The van der Waals surface area contributed by atoms with Crippen molar-refractivity contribution in [3.63, 3.8) is 0 Å². The highest BCUT2D eigenvalue weighted by molar-refractivity contribution is 7.80. The molecule has 3 heteroatoms. The van der Waals surface area contributed by atoms with Crippen molar-refractivity contribution in [1.82, 2.24) is 0 Å². The summed E-state index contributed by atoms with van der Waals surface area (Å²) in [5.74, 6) is 1.78. The lowest BCUT2D eigenvalue weighted by molar-refractivity contribution is 0.491. The summed E-state index contributed by atoms with van der Waals surface area (Å²) in [6, 6.07) is 37.8. The van der Waals surface area contributed by atoms with Crippen LogP contribution in [-0.2, 0) is 0 Å². The summed E-state index contributed by atoms with van der Waals surface area (Å²) in [6.45, 7) is 0. The lowest BCUT2D eigenvalue weighted by Gasteiger charge is -2.22. The zero-order valence-electron chi connectivity index (χ0n) is 14.8. The lowest BCUT2D eigenvalue weighted by atomic mass is 10.3. The molecule has 27 heavy (non-hydrogen) atoms. The van der Waals surface area contributed by atoms with Crippen molar-refractivity contribution in [2.75, 3.05) is 0 Å². The fraction of sp³-hybridized carbons (Fsp3) is 0. The topological polar surface area (TPSA) is 9.23 Å². The molecular weight excluding hydrogens is 366 g/mol. The van der Waals surface area contributed by atoms with Gasteiger partial charge in [-0.05, 0) is 30.7 Å². The average Bonchev–Trinajstić information content (AvgIpc) is 2.73. The Hall–Kier alpha value is -2.46. The van der Waals surface area contributed by atoms with E-state index in [-0.39, 0.29) is 0 Å². The maximum absolute atomic E-state index is 6.36. The largest absolute Gasteiger partial charge is 0.456 e. The SMILES string of the molecule is Pc1ccccc1Oc1ccccc1P(c1ccccc1)c1ccccc1. The van der Waals surface area contributed by atoms with Gasteiger partial charge in [0.2, 0.25) is 0 Å². The Morgan fingerprint density at radius 2 is 1.00 bits per heavy atom. The molecule has 4 aromatic carbocycles. The smallest absolute Gasteiger partial charge is 0.135 e. The van der Waals surface area contributed by atoms with Gasteiger partial charge < -0.3 is 4.74 Å². The molecule has 0 fully saturated rings. The van der Waals surface area contributed by atoms with Gasteiger partial charge in [-0.2, -0.15) is 0 Å². The van der Waals surface area contributed by atoms with Crippen LogP contribution in [0.1, 0.15) is 0 Å². The zero-order chi connectivity index (χ0) is 18.5. The summed E-state index contributed by atoms with van der Waals surface area (Å²) >= 11 is 0. The van der Waals surface area contributed by atoms with Crippen LogP contribution in [0.3, 0.4) is 0 Å². The summed E-state index contributed by atoms with van der Waals surface area (Å²) in [5.41, 5.74) is 0. The van der Waals surface area contributed by atoms with Gasteiger partial charge in [-0.1, -0.05) is 97.1 Å². The molecule has 0 aliphatic carbocycles. The van der Waals surface area contributed by atoms with E-state index < -0.39 is 7.92 Å². The van der Waals surface area contributed by atoms with Gasteiger partial charge >= 0.3 is 0 Å².